The van der Waals surface area contributed by atoms with Crippen LogP contribution in [0.15, 0.2) is 0 Å². The highest BCUT2D eigenvalue weighted by Gasteiger charge is 2.11. The summed E-state index contributed by atoms with van der Waals surface area (Å²) >= 11 is 1.80. The molecule has 0 aliphatic rings. The zero-order valence-electron chi connectivity index (χ0n) is 9.50. The van der Waals surface area contributed by atoms with Crippen molar-refractivity contribution in [2.45, 2.75) is 38.5 Å². The van der Waals surface area contributed by atoms with Gasteiger partial charge in [-0.1, -0.05) is 13.8 Å². The summed E-state index contributed by atoms with van der Waals surface area (Å²) in [7, 11) is 1.43. The van der Waals surface area contributed by atoms with Gasteiger partial charge in [0, 0.05) is 17.0 Å². The maximum Gasteiger partial charge on any atom is 0.306 e. The van der Waals surface area contributed by atoms with Crippen LogP contribution in [-0.2, 0) is 9.53 Å². The Kier molecular flexibility index (Phi) is 7.99. The Bertz CT molecular complexity index is 164. The third-order valence-corrected chi connectivity index (χ3v) is 3.52. The minimum Gasteiger partial charge on any atom is -0.469 e. The summed E-state index contributed by atoms with van der Waals surface area (Å²) in [5, 5.41) is 3.89. The summed E-state index contributed by atoms with van der Waals surface area (Å²) in [5.74, 6) is 0.713. The molecular weight excluding hydrogens is 198 g/mol. The van der Waals surface area contributed by atoms with Gasteiger partial charge in [-0.25, -0.2) is 0 Å². The molecule has 14 heavy (non-hydrogen) atoms. The van der Waals surface area contributed by atoms with E-state index in [-0.39, 0.29) is 5.97 Å². The molecule has 1 N–H and O–H groups in total. The molecule has 0 aliphatic heterocycles. The fourth-order valence-electron chi connectivity index (χ4n) is 1.06. The van der Waals surface area contributed by atoms with Crippen LogP contribution in [0.25, 0.3) is 0 Å². The molecule has 0 spiro atoms. The van der Waals surface area contributed by atoms with Gasteiger partial charge in [0.2, 0.25) is 0 Å². The fraction of sp³-hybridized carbons (Fsp3) is 0.900. The second-order valence-electron chi connectivity index (χ2n) is 3.25. The summed E-state index contributed by atoms with van der Waals surface area (Å²) in [6.45, 7) is 7.43. The summed E-state index contributed by atoms with van der Waals surface area (Å²) < 4.78 is 4.57. The largest absolute Gasteiger partial charge is 0.469 e. The van der Waals surface area contributed by atoms with Crippen molar-refractivity contribution in [1.82, 2.24) is 5.32 Å². The summed E-state index contributed by atoms with van der Waals surface area (Å²) in [6.07, 6.45) is 0.504. The van der Waals surface area contributed by atoms with Gasteiger partial charge in [-0.15, -0.1) is 0 Å². The molecular formula is C10H21NO2S. The Morgan fingerprint density at radius 1 is 1.50 bits per heavy atom. The number of hydrogen-bond acceptors (Lipinski definition) is 4. The van der Waals surface area contributed by atoms with Crippen molar-refractivity contribution in [1.29, 1.82) is 0 Å². The van der Waals surface area contributed by atoms with E-state index >= 15 is 0 Å². The quantitative estimate of drug-likeness (QED) is 0.661. The summed E-state index contributed by atoms with van der Waals surface area (Å²) in [4.78, 5) is 10.8. The summed E-state index contributed by atoms with van der Waals surface area (Å²) in [6, 6.07) is 0.489. The maximum atomic E-state index is 10.8. The van der Waals surface area contributed by atoms with E-state index in [2.05, 4.69) is 30.8 Å². The molecule has 0 rings (SSSR count). The fourth-order valence-corrected chi connectivity index (χ4v) is 2.10. The lowest BCUT2D eigenvalue weighted by Crippen LogP contribution is -2.33. The van der Waals surface area contributed by atoms with E-state index in [1.54, 1.807) is 11.8 Å². The molecule has 2 atom stereocenters. The Balaban J connectivity index is 3.52. The van der Waals surface area contributed by atoms with Crippen LogP contribution in [0.2, 0.25) is 0 Å². The van der Waals surface area contributed by atoms with Crippen molar-refractivity contribution in [3.63, 3.8) is 0 Å². The van der Waals surface area contributed by atoms with Crippen molar-refractivity contribution in [3.05, 3.63) is 0 Å². The van der Waals surface area contributed by atoms with Gasteiger partial charge >= 0.3 is 5.97 Å². The number of carbonyl (C=O) groups excluding carboxylic acids is 1. The highest BCUT2D eigenvalue weighted by atomic mass is 32.2. The number of nitrogens with one attached hydrogen (secondary N) is 1. The second-order valence-corrected chi connectivity index (χ2v) is 4.73. The second kappa shape index (κ2) is 8.12. The number of carbonyl (C=O) groups is 1. The molecule has 2 unspecified atom stereocenters. The molecule has 84 valence electrons. The molecule has 3 nitrogen and oxygen atoms in total. The SMILES string of the molecule is CCNC(C)C(C)SCCC(=O)OC. The molecule has 0 heterocycles. The molecule has 0 aliphatic carbocycles. The van der Waals surface area contributed by atoms with Crippen molar-refractivity contribution in [3.8, 4) is 0 Å². The van der Waals surface area contributed by atoms with Crippen LogP contribution in [-0.4, -0.2) is 36.7 Å². The van der Waals surface area contributed by atoms with Gasteiger partial charge < -0.3 is 10.1 Å². The van der Waals surface area contributed by atoms with Crippen LogP contribution >= 0.6 is 11.8 Å². The molecule has 0 saturated carbocycles. The Labute approximate surface area is 91.0 Å². The molecule has 0 aromatic carbocycles. The third-order valence-electron chi connectivity index (χ3n) is 2.14. The average Bonchev–Trinajstić information content (AvgIpc) is 2.17. The van der Waals surface area contributed by atoms with E-state index in [1.807, 2.05) is 0 Å². The molecule has 0 aromatic heterocycles. The first-order chi connectivity index (χ1) is 6.61. The van der Waals surface area contributed by atoms with Crippen LogP contribution in [0.4, 0.5) is 0 Å². The average molecular weight is 219 g/mol. The first-order valence-corrected chi connectivity index (χ1v) is 6.08. The van der Waals surface area contributed by atoms with E-state index in [0.717, 1.165) is 12.3 Å². The predicted molar refractivity (Wildman–Crippen MR) is 61.7 cm³/mol. The zero-order chi connectivity index (χ0) is 11.0. The van der Waals surface area contributed by atoms with E-state index < -0.39 is 0 Å². The molecule has 0 aromatic rings. The molecule has 0 bridgehead atoms. The highest BCUT2D eigenvalue weighted by molar-refractivity contribution is 7.99. The van der Waals surface area contributed by atoms with Crippen molar-refractivity contribution >= 4 is 17.7 Å². The molecule has 0 fully saturated rings. The zero-order valence-corrected chi connectivity index (χ0v) is 10.3. The van der Waals surface area contributed by atoms with Crippen LogP contribution in [0, 0.1) is 0 Å². The molecule has 0 saturated heterocycles. The number of methoxy groups -OCH3 is 1. The number of thioether (sulfide) groups is 1. The van der Waals surface area contributed by atoms with Crippen LogP contribution in [0.3, 0.4) is 0 Å². The Morgan fingerprint density at radius 2 is 2.14 bits per heavy atom. The minimum atomic E-state index is -0.124. The normalized spacial score (nSPS) is 14.9. The lowest BCUT2D eigenvalue weighted by Gasteiger charge is -2.19. The van der Waals surface area contributed by atoms with Gasteiger partial charge in [0.25, 0.3) is 0 Å². The maximum absolute atomic E-state index is 10.8. The Morgan fingerprint density at radius 3 is 2.64 bits per heavy atom. The van der Waals surface area contributed by atoms with E-state index in [0.29, 0.717) is 17.7 Å². The Hall–Kier alpha value is -0.220. The summed E-state index contributed by atoms with van der Waals surface area (Å²) in [5.41, 5.74) is 0. The topological polar surface area (TPSA) is 38.3 Å². The van der Waals surface area contributed by atoms with Gasteiger partial charge in [0.15, 0.2) is 0 Å². The van der Waals surface area contributed by atoms with Gasteiger partial charge in [0.1, 0.15) is 0 Å². The van der Waals surface area contributed by atoms with Gasteiger partial charge in [0.05, 0.1) is 13.5 Å². The first-order valence-electron chi connectivity index (χ1n) is 5.03. The first kappa shape index (κ1) is 13.8. The third kappa shape index (κ3) is 6.27. The number of rotatable bonds is 7. The molecule has 4 heteroatoms. The smallest absolute Gasteiger partial charge is 0.306 e. The van der Waals surface area contributed by atoms with Crippen LogP contribution < -0.4 is 5.32 Å². The predicted octanol–water partition coefficient (Wildman–Crippen LogP) is 1.67. The number of ether oxygens (including phenoxy) is 1. The van der Waals surface area contributed by atoms with E-state index in [9.17, 15) is 4.79 Å². The molecule has 0 radical (unpaired) electrons. The van der Waals surface area contributed by atoms with Crippen molar-refractivity contribution < 1.29 is 9.53 Å². The number of esters is 1. The monoisotopic (exact) mass is 219 g/mol. The lowest BCUT2D eigenvalue weighted by molar-refractivity contribution is -0.140. The highest BCUT2D eigenvalue weighted by Crippen LogP contribution is 2.15. The van der Waals surface area contributed by atoms with E-state index in [4.69, 9.17) is 0 Å². The van der Waals surface area contributed by atoms with E-state index in [1.165, 1.54) is 7.11 Å². The van der Waals surface area contributed by atoms with Gasteiger partial charge in [-0.05, 0) is 13.5 Å². The van der Waals surface area contributed by atoms with Crippen molar-refractivity contribution in [2.24, 2.45) is 0 Å². The van der Waals surface area contributed by atoms with Crippen molar-refractivity contribution in [2.75, 3.05) is 19.4 Å². The minimum absolute atomic E-state index is 0.124. The van der Waals surface area contributed by atoms with Gasteiger partial charge in [-0.3, -0.25) is 4.79 Å². The van der Waals surface area contributed by atoms with Crippen LogP contribution in [0.5, 0.6) is 0 Å². The standard InChI is InChI=1S/C10H21NO2S/c1-5-11-8(2)9(3)14-7-6-10(12)13-4/h8-9,11H,5-7H2,1-4H3. The molecule has 0 amide bonds. The lowest BCUT2D eigenvalue weighted by atomic mass is 10.2. The van der Waals surface area contributed by atoms with Gasteiger partial charge in [-0.2, -0.15) is 11.8 Å². The number of hydrogen-bond donors (Lipinski definition) is 1. The van der Waals surface area contributed by atoms with Crippen LogP contribution in [0.1, 0.15) is 27.2 Å².